The van der Waals surface area contributed by atoms with Crippen LogP contribution in [-0.4, -0.2) is 24.7 Å². The summed E-state index contributed by atoms with van der Waals surface area (Å²) in [6.07, 6.45) is -2.45. The lowest BCUT2D eigenvalue weighted by Gasteiger charge is -2.31. The molecule has 3 unspecified atom stereocenters. The molecular formula is C10H17F3N2O. The first-order valence-corrected chi connectivity index (χ1v) is 5.39. The van der Waals surface area contributed by atoms with E-state index < -0.39 is 18.6 Å². The highest BCUT2D eigenvalue weighted by atomic mass is 19.4. The van der Waals surface area contributed by atoms with Crippen molar-refractivity contribution in [1.29, 1.82) is 0 Å². The highest BCUT2D eigenvalue weighted by Crippen LogP contribution is 2.27. The summed E-state index contributed by atoms with van der Waals surface area (Å²) in [5.74, 6) is -0.556. The molecule has 3 nitrogen and oxygen atoms in total. The molecule has 0 aromatic rings. The van der Waals surface area contributed by atoms with Gasteiger partial charge in [0, 0.05) is 12.0 Å². The summed E-state index contributed by atoms with van der Waals surface area (Å²) < 4.78 is 35.6. The van der Waals surface area contributed by atoms with Gasteiger partial charge in [-0.3, -0.25) is 4.79 Å². The summed E-state index contributed by atoms with van der Waals surface area (Å²) >= 11 is 0. The topological polar surface area (TPSA) is 55.1 Å². The zero-order chi connectivity index (χ0) is 12.3. The third kappa shape index (κ3) is 4.00. The number of nitrogens with one attached hydrogen (secondary N) is 1. The zero-order valence-corrected chi connectivity index (χ0v) is 9.18. The van der Waals surface area contributed by atoms with Crippen molar-refractivity contribution in [3.8, 4) is 0 Å². The lowest BCUT2D eigenvalue weighted by molar-refractivity contribution is -0.141. The summed E-state index contributed by atoms with van der Waals surface area (Å²) in [6.45, 7) is 0.738. The van der Waals surface area contributed by atoms with Gasteiger partial charge in [-0.1, -0.05) is 6.92 Å². The lowest BCUT2D eigenvalue weighted by atomic mass is 9.79. The van der Waals surface area contributed by atoms with E-state index in [1.165, 1.54) is 0 Å². The maximum atomic E-state index is 11.9. The Morgan fingerprint density at radius 3 is 2.56 bits per heavy atom. The summed E-state index contributed by atoms with van der Waals surface area (Å²) in [5, 5.41) is 1.91. The molecule has 1 amide bonds. The minimum absolute atomic E-state index is 0.0876. The van der Waals surface area contributed by atoms with Crippen LogP contribution in [0.4, 0.5) is 13.2 Å². The summed E-state index contributed by atoms with van der Waals surface area (Å²) in [4.78, 5) is 11.4. The first kappa shape index (κ1) is 13.3. The van der Waals surface area contributed by atoms with Gasteiger partial charge < -0.3 is 11.1 Å². The predicted octanol–water partition coefficient (Wildman–Crippen LogP) is 1.43. The minimum atomic E-state index is -4.35. The molecule has 1 rings (SSSR count). The number of amides is 1. The Morgan fingerprint density at radius 1 is 1.44 bits per heavy atom. The number of nitrogens with two attached hydrogens (primary N) is 1. The van der Waals surface area contributed by atoms with Crippen molar-refractivity contribution in [3.63, 3.8) is 0 Å². The van der Waals surface area contributed by atoms with Gasteiger partial charge in [0.25, 0.3) is 0 Å². The number of alkyl halides is 3. The number of rotatable bonds is 2. The van der Waals surface area contributed by atoms with Crippen LogP contribution in [-0.2, 0) is 4.79 Å². The van der Waals surface area contributed by atoms with Crippen LogP contribution in [0, 0.1) is 11.8 Å². The van der Waals surface area contributed by atoms with Gasteiger partial charge in [0.2, 0.25) is 5.91 Å². The molecule has 1 fully saturated rings. The zero-order valence-electron chi connectivity index (χ0n) is 9.18. The van der Waals surface area contributed by atoms with Crippen LogP contribution in [0.1, 0.15) is 26.2 Å². The third-order valence-electron chi connectivity index (χ3n) is 3.09. The fraction of sp³-hybridized carbons (Fsp3) is 0.900. The molecule has 0 saturated heterocycles. The van der Waals surface area contributed by atoms with Crippen molar-refractivity contribution in [1.82, 2.24) is 5.32 Å². The van der Waals surface area contributed by atoms with E-state index in [-0.39, 0.29) is 12.0 Å². The maximum absolute atomic E-state index is 11.9. The summed E-state index contributed by atoms with van der Waals surface area (Å²) in [7, 11) is 0. The largest absolute Gasteiger partial charge is 0.405 e. The molecule has 94 valence electrons. The Bertz CT molecular complexity index is 255. The molecule has 1 aliphatic rings. The SMILES string of the molecule is CC1CCC(C(=O)NCC(F)(F)F)CC1N. The fourth-order valence-corrected chi connectivity index (χ4v) is 1.93. The van der Waals surface area contributed by atoms with E-state index in [4.69, 9.17) is 5.73 Å². The molecule has 0 aromatic heterocycles. The predicted molar refractivity (Wildman–Crippen MR) is 53.5 cm³/mol. The Labute approximate surface area is 92.6 Å². The Kier molecular flexibility index (Phi) is 4.18. The van der Waals surface area contributed by atoms with E-state index in [0.717, 1.165) is 6.42 Å². The van der Waals surface area contributed by atoms with E-state index in [2.05, 4.69) is 0 Å². The van der Waals surface area contributed by atoms with Crippen molar-refractivity contribution >= 4 is 5.91 Å². The molecule has 1 aliphatic carbocycles. The van der Waals surface area contributed by atoms with Gasteiger partial charge in [-0.2, -0.15) is 13.2 Å². The molecule has 0 radical (unpaired) electrons. The molecule has 3 atom stereocenters. The van der Waals surface area contributed by atoms with Crippen LogP contribution in [0.2, 0.25) is 0 Å². The number of halogens is 3. The van der Waals surface area contributed by atoms with Crippen LogP contribution in [0.25, 0.3) is 0 Å². The molecule has 0 spiro atoms. The maximum Gasteiger partial charge on any atom is 0.405 e. The average Bonchev–Trinajstić information content (AvgIpc) is 2.17. The lowest BCUT2D eigenvalue weighted by Crippen LogP contribution is -2.43. The molecule has 1 saturated carbocycles. The van der Waals surface area contributed by atoms with E-state index in [9.17, 15) is 18.0 Å². The van der Waals surface area contributed by atoms with Crippen LogP contribution >= 0.6 is 0 Å². The normalized spacial score (nSPS) is 31.2. The monoisotopic (exact) mass is 238 g/mol. The second-order valence-electron chi connectivity index (χ2n) is 4.48. The first-order chi connectivity index (χ1) is 7.29. The molecule has 3 N–H and O–H groups in total. The number of hydrogen-bond donors (Lipinski definition) is 2. The Hall–Kier alpha value is -0.780. The average molecular weight is 238 g/mol. The van der Waals surface area contributed by atoms with E-state index in [1.807, 2.05) is 12.2 Å². The second kappa shape index (κ2) is 5.03. The van der Waals surface area contributed by atoms with Crippen molar-refractivity contribution in [2.24, 2.45) is 17.6 Å². The van der Waals surface area contributed by atoms with Gasteiger partial charge in [0.15, 0.2) is 0 Å². The van der Waals surface area contributed by atoms with Crippen LogP contribution in [0.3, 0.4) is 0 Å². The van der Waals surface area contributed by atoms with Gasteiger partial charge in [-0.25, -0.2) is 0 Å². The molecule has 0 bridgehead atoms. The number of carbonyl (C=O) groups excluding carboxylic acids is 1. The number of hydrogen-bond acceptors (Lipinski definition) is 2. The van der Waals surface area contributed by atoms with E-state index in [1.54, 1.807) is 0 Å². The van der Waals surface area contributed by atoms with Gasteiger partial charge >= 0.3 is 6.18 Å². The van der Waals surface area contributed by atoms with Crippen molar-refractivity contribution < 1.29 is 18.0 Å². The Morgan fingerprint density at radius 2 is 2.06 bits per heavy atom. The second-order valence-corrected chi connectivity index (χ2v) is 4.48. The molecule has 6 heteroatoms. The molecule has 16 heavy (non-hydrogen) atoms. The Balaban J connectivity index is 2.38. The highest BCUT2D eigenvalue weighted by molar-refractivity contribution is 5.78. The van der Waals surface area contributed by atoms with Gasteiger partial charge in [-0.15, -0.1) is 0 Å². The fourth-order valence-electron chi connectivity index (χ4n) is 1.93. The van der Waals surface area contributed by atoms with Gasteiger partial charge in [0.05, 0.1) is 0 Å². The van der Waals surface area contributed by atoms with Crippen molar-refractivity contribution in [2.75, 3.05) is 6.54 Å². The standard InChI is InChI=1S/C10H17F3N2O/c1-6-2-3-7(4-8(6)14)9(16)15-5-10(11,12)13/h6-8H,2-5,14H2,1H3,(H,15,16). The van der Waals surface area contributed by atoms with E-state index >= 15 is 0 Å². The first-order valence-electron chi connectivity index (χ1n) is 5.39. The van der Waals surface area contributed by atoms with Crippen molar-refractivity contribution in [2.45, 2.75) is 38.4 Å². The van der Waals surface area contributed by atoms with Crippen LogP contribution in [0.5, 0.6) is 0 Å². The van der Waals surface area contributed by atoms with Gasteiger partial charge in [0.1, 0.15) is 6.54 Å². The van der Waals surface area contributed by atoms with Crippen LogP contribution in [0.15, 0.2) is 0 Å². The van der Waals surface area contributed by atoms with Crippen molar-refractivity contribution in [3.05, 3.63) is 0 Å². The molecular weight excluding hydrogens is 221 g/mol. The van der Waals surface area contributed by atoms with Gasteiger partial charge in [-0.05, 0) is 25.2 Å². The third-order valence-corrected chi connectivity index (χ3v) is 3.09. The number of carbonyl (C=O) groups is 1. The summed E-state index contributed by atoms with van der Waals surface area (Å²) in [5.41, 5.74) is 5.79. The smallest absolute Gasteiger partial charge is 0.347 e. The van der Waals surface area contributed by atoms with Crippen LogP contribution < -0.4 is 11.1 Å². The highest BCUT2D eigenvalue weighted by Gasteiger charge is 2.32. The summed E-state index contributed by atoms with van der Waals surface area (Å²) in [6, 6.07) is -0.0876. The molecule has 0 aliphatic heterocycles. The minimum Gasteiger partial charge on any atom is -0.347 e. The molecule has 0 aromatic carbocycles. The molecule has 0 heterocycles. The quantitative estimate of drug-likeness (QED) is 0.764. The van der Waals surface area contributed by atoms with E-state index in [0.29, 0.717) is 18.8 Å².